The number of fused-ring (bicyclic) bond motifs is 1. The van der Waals surface area contributed by atoms with Crippen molar-refractivity contribution in [3.63, 3.8) is 0 Å². The predicted molar refractivity (Wildman–Crippen MR) is 107 cm³/mol. The van der Waals surface area contributed by atoms with Crippen LogP contribution in [0.1, 0.15) is 13.8 Å². The second-order valence-corrected chi connectivity index (χ2v) is 5.83. The summed E-state index contributed by atoms with van der Waals surface area (Å²) < 4.78 is 17.1. The summed E-state index contributed by atoms with van der Waals surface area (Å²) in [5.74, 6) is 1.63. The van der Waals surface area contributed by atoms with Crippen LogP contribution in [0.4, 0.5) is 4.79 Å². The first kappa shape index (κ1) is 18.6. The van der Waals surface area contributed by atoms with Crippen molar-refractivity contribution in [2.45, 2.75) is 13.8 Å². The van der Waals surface area contributed by atoms with Crippen LogP contribution in [0.2, 0.25) is 0 Å². The highest BCUT2D eigenvalue weighted by Crippen LogP contribution is 2.43. The summed E-state index contributed by atoms with van der Waals surface area (Å²) in [6, 6.07) is 17.8. The number of nitrogens with one attached hydrogen (secondary N) is 1. The van der Waals surface area contributed by atoms with E-state index in [4.69, 9.17) is 14.2 Å². The lowest BCUT2D eigenvalue weighted by molar-refractivity contribution is 0.203. The molecule has 3 aromatic rings. The van der Waals surface area contributed by atoms with Gasteiger partial charge in [-0.2, -0.15) is 0 Å². The second kappa shape index (κ2) is 8.45. The van der Waals surface area contributed by atoms with Gasteiger partial charge in [-0.25, -0.2) is 4.79 Å². The fourth-order valence-corrected chi connectivity index (χ4v) is 2.94. The van der Waals surface area contributed by atoms with Crippen molar-refractivity contribution in [2.75, 3.05) is 20.3 Å². The maximum atomic E-state index is 11.9. The minimum absolute atomic E-state index is 0.425. The van der Waals surface area contributed by atoms with Gasteiger partial charge in [-0.3, -0.25) is 0 Å². The summed E-state index contributed by atoms with van der Waals surface area (Å²) in [7, 11) is 1.53. The maximum Gasteiger partial charge on any atom is 0.412 e. The molecule has 5 heteroatoms. The highest BCUT2D eigenvalue weighted by Gasteiger charge is 2.18. The van der Waals surface area contributed by atoms with E-state index < -0.39 is 6.09 Å². The highest BCUT2D eigenvalue weighted by atomic mass is 16.6. The molecular formula is C22H23NO4. The first-order chi connectivity index (χ1) is 13.2. The SMILES string of the molecule is CCOc1cc(OC(=O)NC)c2cc(-c3ccccc3)ccc2c1OCC. The van der Waals surface area contributed by atoms with Crippen molar-refractivity contribution in [1.82, 2.24) is 5.32 Å². The molecule has 0 heterocycles. The summed E-state index contributed by atoms with van der Waals surface area (Å²) in [5.41, 5.74) is 2.11. The Labute approximate surface area is 158 Å². The molecule has 0 spiro atoms. The number of hydrogen-bond acceptors (Lipinski definition) is 4. The molecule has 0 bridgehead atoms. The van der Waals surface area contributed by atoms with Crippen LogP contribution in [0.5, 0.6) is 17.2 Å². The van der Waals surface area contributed by atoms with Crippen LogP contribution < -0.4 is 19.5 Å². The first-order valence-electron chi connectivity index (χ1n) is 8.99. The van der Waals surface area contributed by atoms with Crippen molar-refractivity contribution < 1.29 is 19.0 Å². The van der Waals surface area contributed by atoms with Crippen molar-refractivity contribution in [1.29, 1.82) is 0 Å². The fraction of sp³-hybridized carbons (Fsp3) is 0.227. The molecule has 3 aromatic carbocycles. The Morgan fingerprint density at radius 3 is 2.26 bits per heavy atom. The third kappa shape index (κ3) is 3.97. The van der Waals surface area contributed by atoms with E-state index in [9.17, 15) is 4.79 Å². The molecule has 0 aliphatic heterocycles. The van der Waals surface area contributed by atoms with Crippen molar-refractivity contribution in [3.05, 3.63) is 54.6 Å². The van der Waals surface area contributed by atoms with Gasteiger partial charge in [0.15, 0.2) is 11.5 Å². The Balaban J connectivity index is 2.24. The quantitative estimate of drug-likeness (QED) is 0.666. The lowest BCUT2D eigenvalue weighted by Crippen LogP contribution is -2.22. The van der Waals surface area contributed by atoms with Gasteiger partial charge in [-0.05, 0) is 37.1 Å². The minimum atomic E-state index is -0.534. The summed E-state index contributed by atoms with van der Waals surface area (Å²) in [4.78, 5) is 11.9. The topological polar surface area (TPSA) is 56.8 Å². The molecule has 0 radical (unpaired) electrons. The number of rotatable bonds is 6. The molecule has 0 unspecified atom stereocenters. The predicted octanol–water partition coefficient (Wildman–Crippen LogP) is 5.02. The van der Waals surface area contributed by atoms with E-state index >= 15 is 0 Å². The zero-order valence-corrected chi connectivity index (χ0v) is 15.7. The number of carbonyl (C=O) groups excluding carboxylic acids is 1. The fourth-order valence-electron chi connectivity index (χ4n) is 2.94. The summed E-state index contributed by atoms with van der Waals surface area (Å²) in [6.45, 7) is 4.81. The van der Waals surface area contributed by atoms with E-state index in [1.54, 1.807) is 6.07 Å². The number of hydrogen-bond donors (Lipinski definition) is 1. The molecule has 0 fully saturated rings. The van der Waals surface area contributed by atoms with Gasteiger partial charge < -0.3 is 19.5 Å². The number of amides is 1. The molecule has 3 rings (SSSR count). The number of ether oxygens (including phenoxy) is 3. The zero-order valence-electron chi connectivity index (χ0n) is 15.7. The van der Waals surface area contributed by atoms with E-state index in [2.05, 4.69) is 5.32 Å². The third-order valence-corrected chi connectivity index (χ3v) is 4.12. The minimum Gasteiger partial charge on any atom is -0.490 e. The van der Waals surface area contributed by atoms with Crippen LogP contribution in [0.3, 0.4) is 0 Å². The van der Waals surface area contributed by atoms with E-state index in [1.165, 1.54) is 7.05 Å². The van der Waals surface area contributed by atoms with Crippen LogP contribution in [0, 0.1) is 0 Å². The molecular weight excluding hydrogens is 342 g/mol. The van der Waals surface area contributed by atoms with Gasteiger partial charge >= 0.3 is 6.09 Å². The van der Waals surface area contributed by atoms with Gasteiger partial charge in [0.05, 0.1) is 13.2 Å². The number of benzene rings is 3. The Morgan fingerprint density at radius 2 is 1.59 bits per heavy atom. The Hall–Kier alpha value is -3.21. The Bertz CT molecular complexity index is 938. The molecule has 0 aliphatic carbocycles. The van der Waals surface area contributed by atoms with Crippen molar-refractivity contribution >= 4 is 16.9 Å². The Morgan fingerprint density at radius 1 is 0.852 bits per heavy atom. The van der Waals surface area contributed by atoms with E-state index in [1.807, 2.05) is 62.4 Å². The molecule has 27 heavy (non-hydrogen) atoms. The first-order valence-corrected chi connectivity index (χ1v) is 8.99. The van der Waals surface area contributed by atoms with Gasteiger partial charge in [-0.15, -0.1) is 0 Å². The van der Waals surface area contributed by atoms with Crippen LogP contribution in [-0.4, -0.2) is 26.4 Å². The lowest BCUT2D eigenvalue weighted by atomic mass is 10.00. The molecule has 0 aliphatic rings. The molecule has 0 aromatic heterocycles. The van der Waals surface area contributed by atoms with Gasteiger partial charge in [0.2, 0.25) is 0 Å². The monoisotopic (exact) mass is 365 g/mol. The summed E-state index contributed by atoms with van der Waals surface area (Å²) >= 11 is 0. The Kier molecular flexibility index (Phi) is 5.81. The van der Waals surface area contributed by atoms with Crippen LogP contribution in [-0.2, 0) is 0 Å². The number of carbonyl (C=O) groups is 1. The summed E-state index contributed by atoms with van der Waals surface area (Å²) in [5, 5.41) is 4.10. The maximum absolute atomic E-state index is 11.9. The molecule has 1 amide bonds. The van der Waals surface area contributed by atoms with Gasteiger partial charge in [0, 0.05) is 23.9 Å². The summed E-state index contributed by atoms with van der Waals surface area (Å²) in [6.07, 6.45) is -0.534. The zero-order chi connectivity index (χ0) is 19.2. The third-order valence-electron chi connectivity index (χ3n) is 4.12. The van der Waals surface area contributed by atoms with Gasteiger partial charge in [0.25, 0.3) is 0 Å². The average molecular weight is 365 g/mol. The molecule has 0 atom stereocenters. The standard InChI is InChI=1S/C22H23NO4/c1-4-25-20-14-19(27-22(24)23-3)18-13-16(15-9-7-6-8-10-15)11-12-17(18)21(20)26-5-2/h6-14H,4-5H2,1-3H3,(H,23,24). The average Bonchev–Trinajstić information content (AvgIpc) is 2.71. The molecule has 0 saturated heterocycles. The van der Waals surface area contributed by atoms with Crippen molar-refractivity contribution in [3.8, 4) is 28.4 Å². The molecule has 1 N–H and O–H groups in total. The largest absolute Gasteiger partial charge is 0.490 e. The lowest BCUT2D eigenvalue weighted by Gasteiger charge is -2.17. The van der Waals surface area contributed by atoms with Crippen LogP contribution >= 0.6 is 0 Å². The van der Waals surface area contributed by atoms with Crippen molar-refractivity contribution in [2.24, 2.45) is 0 Å². The molecule has 5 nitrogen and oxygen atoms in total. The van der Waals surface area contributed by atoms with Gasteiger partial charge in [0.1, 0.15) is 5.75 Å². The van der Waals surface area contributed by atoms with E-state index in [0.717, 1.165) is 21.9 Å². The second-order valence-electron chi connectivity index (χ2n) is 5.83. The molecule has 140 valence electrons. The van der Waals surface area contributed by atoms with Gasteiger partial charge in [-0.1, -0.05) is 36.4 Å². The van der Waals surface area contributed by atoms with E-state index in [-0.39, 0.29) is 0 Å². The highest BCUT2D eigenvalue weighted by molar-refractivity contribution is 5.99. The van der Waals surface area contributed by atoms with Crippen LogP contribution in [0.15, 0.2) is 54.6 Å². The van der Waals surface area contributed by atoms with Crippen LogP contribution in [0.25, 0.3) is 21.9 Å². The normalized spacial score (nSPS) is 10.5. The van der Waals surface area contributed by atoms with E-state index in [0.29, 0.717) is 30.5 Å². The molecule has 0 saturated carbocycles. The smallest absolute Gasteiger partial charge is 0.412 e.